The van der Waals surface area contributed by atoms with Crippen molar-refractivity contribution in [3.05, 3.63) is 65.2 Å². The Morgan fingerprint density at radius 2 is 1.73 bits per heavy atom. The first-order valence-corrected chi connectivity index (χ1v) is 9.79. The SMILES string of the molecule is COc1ccc(OC)c(NC(=O)[C@H](C)OC(=O)c2ccc3c4c(cccc24)CC3)c1. The summed E-state index contributed by atoms with van der Waals surface area (Å²) in [7, 11) is 3.05. The molecule has 0 radical (unpaired) electrons. The summed E-state index contributed by atoms with van der Waals surface area (Å²) in [5.41, 5.74) is 3.40. The van der Waals surface area contributed by atoms with Gasteiger partial charge in [0.1, 0.15) is 11.5 Å². The lowest BCUT2D eigenvalue weighted by Gasteiger charge is -2.16. The van der Waals surface area contributed by atoms with Crippen LogP contribution in [0.15, 0.2) is 48.5 Å². The number of carbonyl (C=O) groups is 2. The van der Waals surface area contributed by atoms with Gasteiger partial charge in [0.2, 0.25) is 0 Å². The Morgan fingerprint density at radius 1 is 0.967 bits per heavy atom. The zero-order valence-corrected chi connectivity index (χ0v) is 17.2. The molecule has 6 heteroatoms. The Morgan fingerprint density at radius 3 is 2.47 bits per heavy atom. The molecule has 0 heterocycles. The molecular formula is C24H23NO5. The molecule has 1 aliphatic carbocycles. The van der Waals surface area contributed by atoms with Crippen LogP contribution in [-0.2, 0) is 22.4 Å². The summed E-state index contributed by atoms with van der Waals surface area (Å²) < 4.78 is 16.0. The third-order valence-electron chi connectivity index (χ3n) is 5.41. The largest absolute Gasteiger partial charge is 0.497 e. The van der Waals surface area contributed by atoms with E-state index in [1.165, 1.54) is 25.3 Å². The van der Waals surface area contributed by atoms with Gasteiger partial charge in [0, 0.05) is 6.07 Å². The van der Waals surface area contributed by atoms with Crippen molar-refractivity contribution >= 4 is 28.3 Å². The highest BCUT2D eigenvalue weighted by molar-refractivity contribution is 6.08. The Bertz CT molecular complexity index is 1130. The molecule has 1 aliphatic rings. The van der Waals surface area contributed by atoms with E-state index in [9.17, 15) is 9.59 Å². The highest BCUT2D eigenvalue weighted by Crippen LogP contribution is 2.33. The summed E-state index contributed by atoms with van der Waals surface area (Å²) in [6.45, 7) is 1.54. The van der Waals surface area contributed by atoms with Crippen molar-refractivity contribution in [3.8, 4) is 11.5 Å². The Kier molecular flexibility index (Phi) is 5.31. The van der Waals surface area contributed by atoms with Gasteiger partial charge in [0.05, 0.1) is 25.5 Å². The summed E-state index contributed by atoms with van der Waals surface area (Å²) >= 11 is 0. The van der Waals surface area contributed by atoms with Crippen molar-refractivity contribution in [2.24, 2.45) is 0 Å². The number of methoxy groups -OCH3 is 2. The maximum absolute atomic E-state index is 12.8. The molecule has 0 unspecified atom stereocenters. The van der Waals surface area contributed by atoms with Gasteiger partial charge in [-0.3, -0.25) is 4.79 Å². The summed E-state index contributed by atoms with van der Waals surface area (Å²) in [5.74, 6) is 0.0745. The van der Waals surface area contributed by atoms with Crippen LogP contribution in [0.3, 0.4) is 0 Å². The number of carbonyl (C=O) groups excluding carboxylic acids is 2. The number of ether oxygens (including phenoxy) is 3. The van der Waals surface area contributed by atoms with Crippen molar-refractivity contribution < 1.29 is 23.8 Å². The predicted molar refractivity (Wildman–Crippen MR) is 114 cm³/mol. The molecule has 1 amide bonds. The van der Waals surface area contributed by atoms with Crippen LogP contribution in [0.5, 0.6) is 11.5 Å². The first-order valence-electron chi connectivity index (χ1n) is 9.79. The van der Waals surface area contributed by atoms with E-state index in [2.05, 4.69) is 11.4 Å². The van der Waals surface area contributed by atoms with Gasteiger partial charge in [-0.25, -0.2) is 4.79 Å². The molecule has 3 aromatic rings. The Hall–Kier alpha value is -3.54. The molecule has 30 heavy (non-hydrogen) atoms. The third-order valence-corrected chi connectivity index (χ3v) is 5.41. The van der Waals surface area contributed by atoms with E-state index in [1.807, 2.05) is 18.2 Å². The minimum Gasteiger partial charge on any atom is -0.497 e. The van der Waals surface area contributed by atoms with Crippen LogP contribution in [0, 0.1) is 0 Å². The van der Waals surface area contributed by atoms with Gasteiger partial charge in [0.25, 0.3) is 5.91 Å². The number of hydrogen-bond acceptors (Lipinski definition) is 5. The van der Waals surface area contributed by atoms with E-state index >= 15 is 0 Å². The maximum Gasteiger partial charge on any atom is 0.339 e. The fraction of sp³-hybridized carbons (Fsp3) is 0.250. The van der Waals surface area contributed by atoms with Crippen LogP contribution in [-0.4, -0.2) is 32.2 Å². The molecule has 4 rings (SSSR count). The van der Waals surface area contributed by atoms with Gasteiger partial charge in [-0.15, -0.1) is 0 Å². The number of hydrogen-bond donors (Lipinski definition) is 1. The fourth-order valence-corrected chi connectivity index (χ4v) is 3.85. The molecule has 0 aliphatic heterocycles. The Labute approximate surface area is 174 Å². The van der Waals surface area contributed by atoms with E-state index in [-0.39, 0.29) is 0 Å². The zero-order chi connectivity index (χ0) is 21.3. The number of rotatable bonds is 6. The molecule has 0 aromatic heterocycles. The average molecular weight is 405 g/mol. The quantitative estimate of drug-likeness (QED) is 0.624. The smallest absolute Gasteiger partial charge is 0.339 e. The minimum absolute atomic E-state index is 0.440. The molecule has 1 N–H and O–H groups in total. The van der Waals surface area contributed by atoms with Crippen LogP contribution in [0.2, 0.25) is 0 Å². The molecule has 0 spiro atoms. The van der Waals surface area contributed by atoms with Crippen molar-refractivity contribution in [2.45, 2.75) is 25.9 Å². The second-order valence-electron chi connectivity index (χ2n) is 7.21. The van der Waals surface area contributed by atoms with E-state index in [0.29, 0.717) is 22.7 Å². The highest BCUT2D eigenvalue weighted by atomic mass is 16.5. The van der Waals surface area contributed by atoms with Crippen LogP contribution < -0.4 is 14.8 Å². The van der Waals surface area contributed by atoms with E-state index in [0.717, 1.165) is 23.6 Å². The third kappa shape index (κ3) is 3.56. The van der Waals surface area contributed by atoms with Crippen LogP contribution in [0.1, 0.15) is 28.4 Å². The van der Waals surface area contributed by atoms with Crippen LogP contribution >= 0.6 is 0 Å². The van der Waals surface area contributed by atoms with E-state index in [1.54, 1.807) is 31.2 Å². The molecule has 1 atom stereocenters. The molecule has 0 bridgehead atoms. The van der Waals surface area contributed by atoms with Gasteiger partial charge in [-0.1, -0.05) is 24.3 Å². The standard InChI is InChI=1S/C24H23NO5/c1-14(23(26)25-20-13-17(28-2)10-12-21(20)29-3)30-24(27)19-11-9-16-8-7-15-5-4-6-18(19)22(15)16/h4-6,9-14H,7-8H2,1-3H3,(H,25,26)/t14-/m0/s1. The van der Waals surface area contributed by atoms with E-state index < -0.39 is 18.0 Å². The lowest BCUT2D eigenvalue weighted by Crippen LogP contribution is -2.30. The second kappa shape index (κ2) is 8.06. The van der Waals surface area contributed by atoms with Gasteiger partial charge in [-0.2, -0.15) is 0 Å². The Balaban J connectivity index is 1.52. The number of anilines is 1. The molecule has 0 fully saturated rings. The first kappa shape index (κ1) is 19.8. The lowest BCUT2D eigenvalue weighted by molar-refractivity contribution is -0.123. The average Bonchev–Trinajstić information content (AvgIpc) is 3.18. The molecule has 0 saturated heterocycles. The zero-order valence-electron chi connectivity index (χ0n) is 17.2. The van der Waals surface area contributed by atoms with Crippen molar-refractivity contribution in [1.29, 1.82) is 0 Å². The summed E-state index contributed by atoms with van der Waals surface area (Å²) in [4.78, 5) is 25.5. The highest BCUT2D eigenvalue weighted by Gasteiger charge is 2.24. The second-order valence-corrected chi connectivity index (χ2v) is 7.21. The van der Waals surface area contributed by atoms with Gasteiger partial charge in [0.15, 0.2) is 6.10 Å². The number of benzene rings is 3. The number of esters is 1. The van der Waals surface area contributed by atoms with Crippen molar-refractivity contribution in [2.75, 3.05) is 19.5 Å². The van der Waals surface area contributed by atoms with Gasteiger partial charge < -0.3 is 19.5 Å². The van der Waals surface area contributed by atoms with Crippen molar-refractivity contribution in [1.82, 2.24) is 0 Å². The minimum atomic E-state index is -0.989. The number of amides is 1. The summed E-state index contributed by atoms with van der Waals surface area (Å²) in [6.07, 6.45) is 0.968. The van der Waals surface area contributed by atoms with Crippen LogP contribution in [0.25, 0.3) is 10.8 Å². The summed E-state index contributed by atoms with van der Waals surface area (Å²) in [5, 5.41) is 4.74. The van der Waals surface area contributed by atoms with Gasteiger partial charge in [-0.05, 0) is 59.9 Å². The topological polar surface area (TPSA) is 73.9 Å². The first-order chi connectivity index (χ1) is 14.5. The molecule has 154 valence electrons. The fourth-order valence-electron chi connectivity index (χ4n) is 3.85. The maximum atomic E-state index is 12.8. The van der Waals surface area contributed by atoms with Gasteiger partial charge >= 0.3 is 5.97 Å². The normalized spacial score (nSPS) is 13.0. The molecular weight excluding hydrogens is 382 g/mol. The number of nitrogens with one attached hydrogen (secondary N) is 1. The monoisotopic (exact) mass is 405 g/mol. The molecule has 0 saturated carbocycles. The molecule has 3 aromatic carbocycles. The lowest BCUT2D eigenvalue weighted by atomic mass is 10.00. The summed E-state index contributed by atoms with van der Waals surface area (Å²) in [6, 6.07) is 14.8. The van der Waals surface area contributed by atoms with E-state index in [4.69, 9.17) is 14.2 Å². The number of aryl methyl sites for hydroxylation is 2. The van der Waals surface area contributed by atoms with Crippen LogP contribution in [0.4, 0.5) is 5.69 Å². The predicted octanol–water partition coefficient (Wildman–Crippen LogP) is 4.14. The van der Waals surface area contributed by atoms with Crippen molar-refractivity contribution in [3.63, 3.8) is 0 Å². The molecule has 6 nitrogen and oxygen atoms in total.